The van der Waals surface area contributed by atoms with E-state index in [1.807, 2.05) is 31.4 Å². The number of alkyl halides is 3. The molecule has 3 heterocycles. The highest BCUT2D eigenvalue weighted by molar-refractivity contribution is 6.11. The Morgan fingerprint density at radius 3 is 2.50 bits per heavy atom. The van der Waals surface area contributed by atoms with Gasteiger partial charge in [0.25, 0.3) is 0 Å². The Labute approximate surface area is 204 Å². The van der Waals surface area contributed by atoms with Gasteiger partial charge in [-0.2, -0.15) is 18.3 Å². The number of aryl methyl sites for hydroxylation is 2. The van der Waals surface area contributed by atoms with Gasteiger partial charge in [0.1, 0.15) is 18.1 Å². The Morgan fingerprint density at radius 2 is 1.81 bits per heavy atom. The molecule has 0 unspecified atom stereocenters. The second kappa shape index (κ2) is 8.74. The molecule has 0 aliphatic carbocycles. The van der Waals surface area contributed by atoms with Gasteiger partial charge in [-0.3, -0.25) is 14.5 Å². The highest BCUT2D eigenvalue weighted by atomic mass is 19.4. The van der Waals surface area contributed by atoms with Gasteiger partial charge in [-0.15, -0.1) is 0 Å². The molecule has 5 rings (SSSR count). The van der Waals surface area contributed by atoms with Crippen molar-refractivity contribution in [3.05, 3.63) is 66.0 Å². The van der Waals surface area contributed by atoms with Gasteiger partial charge >= 0.3 is 12.2 Å². The zero-order valence-corrected chi connectivity index (χ0v) is 19.8. The van der Waals surface area contributed by atoms with Crippen LogP contribution in [0.5, 0.6) is 5.75 Å². The topological polar surface area (TPSA) is 75.5 Å². The number of anilines is 4. The number of nitrogens with zero attached hydrogens (tertiary/aromatic N) is 5. The first-order valence-corrected chi connectivity index (χ1v) is 11.1. The summed E-state index contributed by atoms with van der Waals surface area (Å²) in [7, 11) is 3.37. The van der Waals surface area contributed by atoms with Crippen molar-refractivity contribution in [3.63, 3.8) is 0 Å². The molecular formula is C25H23F3N6O2. The summed E-state index contributed by atoms with van der Waals surface area (Å²) in [6.07, 6.45) is -2.54. The molecule has 0 atom stereocenters. The van der Waals surface area contributed by atoms with Crippen LogP contribution in [0, 0.1) is 6.92 Å². The van der Waals surface area contributed by atoms with Crippen molar-refractivity contribution < 1.29 is 22.7 Å². The number of carbonyl (C=O) groups is 1. The second-order valence-corrected chi connectivity index (χ2v) is 8.51. The molecule has 36 heavy (non-hydrogen) atoms. The summed E-state index contributed by atoms with van der Waals surface area (Å²) in [4.78, 5) is 21.4. The van der Waals surface area contributed by atoms with Crippen LogP contribution in [0.4, 0.5) is 40.8 Å². The number of amides is 2. The van der Waals surface area contributed by atoms with Crippen LogP contribution in [0.25, 0.3) is 10.9 Å². The monoisotopic (exact) mass is 496 g/mol. The molecule has 1 N–H and O–H groups in total. The largest absolute Gasteiger partial charge is 0.497 e. The molecule has 8 nitrogen and oxygen atoms in total. The summed E-state index contributed by atoms with van der Waals surface area (Å²) < 4.78 is 45.4. The molecule has 0 spiro atoms. The number of hydrogen-bond donors (Lipinski definition) is 1. The summed E-state index contributed by atoms with van der Waals surface area (Å²) in [6.45, 7) is 0.707. The molecule has 0 saturated heterocycles. The summed E-state index contributed by atoms with van der Waals surface area (Å²) in [5, 5.41) is 7.60. The average Bonchev–Trinajstić information content (AvgIpc) is 3.21. The van der Waals surface area contributed by atoms with Crippen molar-refractivity contribution in [1.82, 2.24) is 14.8 Å². The normalized spacial score (nSPS) is 13.8. The Kier molecular flexibility index (Phi) is 5.70. The molecule has 0 fully saturated rings. The summed E-state index contributed by atoms with van der Waals surface area (Å²) in [5.74, 6) is 0.654. The van der Waals surface area contributed by atoms with E-state index in [0.29, 0.717) is 28.5 Å². The number of carbonyl (C=O) groups excluding carboxylic acids is 1. The number of ether oxygens (including phenoxy) is 1. The number of aromatic nitrogens is 3. The van der Waals surface area contributed by atoms with Gasteiger partial charge in [-0.05, 0) is 49.4 Å². The van der Waals surface area contributed by atoms with Gasteiger partial charge in [0, 0.05) is 41.6 Å². The van der Waals surface area contributed by atoms with Crippen LogP contribution >= 0.6 is 0 Å². The van der Waals surface area contributed by atoms with Crippen LogP contribution in [-0.4, -0.2) is 40.6 Å². The number of benzene rings is 2. The van der Waals surface area contributed by atoms with Crippen molar-refractivity contribution in [2.75, 3.05) is 28.8 Å². The standard InChI is InChI=1S/C25H23F3N6O2/c1-15-20-13-33(18-6-9-21-16(10-18)12-32(2)31-21)24(35)34(17-4-7-19(36-3)8-5-17)22(20)11-23(30-15)29-14-25(26,27)28/h4-12H,13-14H2,1-3H3,(H,29,30). The lowest BCUT2D eigenvalue weighted by atomic mass is 10.1. The van der Waals surface area contributed by atoms with Gasteiger partial charge in [0.15, 0.2) is 0 Å². The number of fused-ring (bicyclic) bond motifs is 2. The fourth-order valence-electron chi connectivity index (χ4n) is 4.30. The van der Waals surface area contributed by atoms with Gasteiger partial charge in [0.05, 0.1) is 30.5 Å². The number of pyridine rings is 1. The van der Waals surface area contributed by atoms with Gasteiger partial charge in [0.2, 0.25) is 0 Å². The summed E-state index contributed by atoms with van der Waals surface area (Å²) in [6, 6.07) is 13.6. The fraction of sp³-hybridized carbons (Fsp3) is 0.240. The second-order valence-electron chi connectivity index (χ2n) is 8.51. The Hall–Kier alpha value is -4.28. The molecule has 2 amide bonds. The minimum Gasteiger partial charge on any atom is -0.497 e. The maximum Gasteiger partial charge on any atom is 0.405 e. The van der Waals surface area contributed by atoms with E-state index < -0.39 is 12.7 Å². The predicted octanol–water partition coefficient (Wildman–Crippen LogP) is 5.54. The van der Waals surface area contributed by atoms with E-state index in [-0.39, 0.29) is 18.4 Å². The third-order valence-electron chi connectivity index (χ3n) is 6.00. The minimum absolute atomic E-state index is 0.0418. The Morgan fingerprint density at radius 1 is 1.08 bits per heavy atom. The Balaban J connectivity index is 1.61. The van der Waals surface area contributed by atoms with Crippen LogP contribution in [0.15, 0.2) is 54.7 Å². The third kappa shape index (κ3) is 4.39. The van der Waals surface area contributed by atoms with Crippen LogP contribution in [0.1, 0.15) is 11.3 Å². The lowest BCUT2D eigenvalue weighted by molar-refractivity contribution is -0.115. The first-order chi connectivity index (χ1) is 17.1. The molecule has 2 aromatic heterocycles. The van der Waals surface area contributed by atoms with E-state index >= 15 is 0 Å². The number of methoxy groups -OCH3 is 1. The Bertz CT molecular complexity index is 1450. The van der Waals surface area contributed by atoms with E-state index in [9.17, 15) is 18.0 Å². The summed E-state index contributed by atoms with van der Waals surface area (Å²) in [5.41, 5.74) is 3.74. The van der Waals surface area contributed by atoms with E-state index in [2.05, 4.69) is 15.4 Å². The molecule has 1 aliphatic rings. The SMILES string of the molecule is COc1ccc(N2C(=O)N(c3ccc4nn(C)cc4c3)Cc3c2cc(NCC(F)(F)F)nc3C)cc1. The van der Waals surface area contributed by atoms with E-state index in [1.54, 1.807) is 47.9 Å². The maximum atomic E-state index is 13.9. The molecule has 186 valence electrons. The van der Waals surface area contributed by atoms with Crippen LogP contribution in [0.2, 0.25) is 0 Å². The van der Waals surface area contributed by atoms with Crippen molar-refractivity contribution in [3.8, 4) is 5.75 Å². The zero-order chi connectivity index (χ0) is 25.6. The third-order valence-corrected chi connectivity index (χ3v) is 6.00. The molecule has 0 saturated carbocycles. The number of rotatable bonds is 5. The van der Waals surface area contributed by atoms with Gasteiger partial charge < -0.3 is 10.1 Å². The van der Waals surface area contributed by atoms with Gasteiger partial charge in [-0.1, -0.05) is 0 Å². The van der Waals surface area contributed by atoms with E-state index in [0.717, 1.165) is 16.5 Å². The molecule has 11 heteroatoms. The predicted molar refractivity (Wildman–Crippen MR) is 131 cm³/mol. The smallest absolute Gasteiger partial charge is 0.405 e. The fourth-order valence-corrected chi connectivity index (χ4v) is 4.30. The number of urea groups is 1. The molecule has 0 bridgehead atoms. The molecule has 2 aromatic carbocycles. The van der Waals surface area contributed by atoms with Crippen molar-refractivity contribution in [1.29, 1.82) is 0 Å². The number of halogens is 3. The van der Waals surface area contributed by atoms with Crippen LogP contribution in [0.3, 0.4) is 0 Å². The van der Waals surface area contributed by atoms with Crippen LogP contribution in [-0.2, 0) is 13.6 Å². The zero-order valence-electron chi connectivity index (χ0n) is 19.8. The molecule has 0 radical (unpaired) electrons. The van der Waals surface area contributed by atoms with Crippen molar-refractivity contribution >= 4 is 39.8 Å². The first kappa shape index (κ1) is 23.5. The molecular weight excluding hydrogens is 473 g/mol. The summed E-state index contributed by atoms with van der Waals surface area (Å²) >= 11 is 0. The first-order valence-electron chi connectivity index (χ1n) is 11.1. The quantitative estimate of drug-likeness (QED) is 0.393. The number of hydrogen-bond acceptors (Lipinski definition) is 5. The highest BCUT2D eigenvalue weighted by Gasteiger charge is 2.35. The highest BCUT2D eigenvalue weighted by Crippen LogP contribution is 2.40. The van der Waals surface area contributed by atoms with Gasteiger partial charge in [-0.25, -0.2) is 9.78 Å². The average molecular weight is 496 g/mol. The van der Waals surface area contributed by atoms with E-state index in [4.69, 9.17) is 4.74 Å². The van der Waals surface area contributed by atoms with Crippen LogP contribution < -0.4 is 19.9 Å². The van der Waals surface area contributed by atoms with E-state index in [1.165, 1.54) is 11.0 Å². The lowest BCUT2D eigenvalue weighted by Gasteiger charge is -2.38. The number of nitrogens with one attached hydrogen (secondary N) is 1. The van der Waals surface area contributed by atoms with Crippen molar-refractivity contribution in [2.24, 2.45) is 7.05 Å². The minimum atomic E-state index is -4.40. The lowest BCUT2D eigenvalue weighted by Crippen LogP contribution is -2.45. The van der Waals surface area contributed by atoms with Crippen molar-refractivity contribution in [2.45, 2.75) is 19.6 Å². The molecule has 4 aromatic rings. The maximum absolute atomic E-state index is 13.9. The molecule has 1 aliphatic heterocycles.